The molecular formula is C18H34N6O3S. The van der Waals surface area contributed by atoms with Gasteiger partial charge in [-0.05, 0) is 26.2 Å². The Hall–Kier alpha value is -1.39. The van der Waals surface area contributed by atoms with Crippen molar-refractivity contribution in [3.63, 3.8) is 0 Å². The number of rotatable bonds is 5. The monoisotopic (exact) mass is 414 g/mol. The minimum Gasteiger partial charge on any atom is -0.355 e. The fourth-order valence-electron chi connectivity index (χ4n) is 4.25. The minimum absolute atomic E-state index is 0.0735. The van der Waals surface area contributed by atoms with Crippen LogP contribution in [-0.2, 0) is 14.8 Å². The van der Waals surface area contributed by atoms with Gasteiger partial charge in [-0.15, -0.1) is 0 Å². The molecule has 1 atom stereocenters. The average molecular weight is 415 g/mol. The van der Waals surface area contributed by atoms with Gasteiger partial charge in [-0.1, -0.05) is 0 Å². The number of carbonyl (C=O) groups is 1. The van der Waals surface area contributed by atoms with Gasteiger partial charge in [-0.2, -0.15) is 0 Å². The molecule has 3 heterocycles. The quantitative estimate of drug-likeness (QED) is 0.469. The Kier molecular flexibility index (Phi) is 7.16. The van der Waals surface area contributed by atoms with Crippen LogP contribution >= 0.6 is 0 Å². The zero-order valence-corrected chi connectivity index (χ0v) is 18.0. The summed E-state index contributed by atoms with van der Waals surface area (Å²) in [5.41, 5.74) is 0. The predicted molar refractivity (Wildman–Crippen MR) is 110 cm³/mol. The SMILES string of the molecule is CN=C(NCCN1CCCS1(=O)=O)N1CCN(C(C)C(=O)N2CCCC2)CC1. The third-order valence-electron chi connectivity index (χ3n) is 6.00. The van der Waals surface area contributed by atoms with Crippen LogP contribution < -0.4 is 5.32 Å². The van der Waals surface area contributed by atoms with Gasteiger partial charge in [0, 0.05) is 66.0 Å². The van der Waals surface area contributed by atoms with Crippen molar-refractivity contribution in [1.29, 1.82) is 0 Å². The van der Waals surface area contributed by atoms with E-state index >= 15 is 0 Å². The summed E-state index contributed by atoms with van der Waals surface area (Å²) >= 11 is 0. The summed E-state index contributed by atoms with van der Waals surface area (Å²) in [4.78, 5) is 23.4. The van der Waals surface area contributed by atoms with E-state index in [4.69, 9.17) is 0 Å². The second kappa shape index (κ2) is 9.41. The van der Waals surface area contributed by atoms with Gasteiger partial charge >= 0.3 is 0 Å². The molecule has 0 radical (unpaired) electrons. The van der Waals surface area contributed by atoms with Gasteiger partial charge in [-0.3, -0.25) is 14.7 Å². The molecule has 0 aromatic carbocycles. The minimum atomic E-state index is -3.05. The van der Waals surface area contributed by atoms with Gasteiger partial charge in [0.1, 0.15) is 0 Å². The van der Waals surface area contributed by atoms with E-state index in [-0.39, 0.29) is 17.7 Å². The summed E-state index contributed by atoms with van der Waals surface area (Å²) in [5, 5.41) is 3.29. The van der Waals surface area contributed by atoms with E-state index in [2.05, 4.69) is 20.1 Å². The van der Waals surface area contributed by atoms with Gasteiger partial charge in [0.05, 0.1) is 11.8 Å². The van der Waals surface area contributed by atoms with E-state index in [9.17, 15) is 13.2 Å². The van der Waals surface area contributed by atoms with Crippen LogP contribution in [0.5, 0.6) is 0 Å². The summed E-state index contributed by atoms with van der Waals surface area (Å²) < 4.78 is 25.3. The summed E-state index contributed by atoms with van der Waals surface area (Å²) in [6, 6.07) is -0.0735. The molecule has 160 valence electrons. The molecule has 3 fully saturated rings. The van der Waals surface area contributed by atoms with Gasteiger partial charge in [0.2, 0.25) is 15.9 Å². The fraction of sp³-hybridized carbons (Fsp3) is 0.889. The largest absolute Gasteiger partial charge is 0.355 e. The van der Waals surface area contributed by atoms with Crippen LogP contribution in [0.4, 0.5) is 0 Å². The highest BCUT2D eigenvalue weighted by Gasteiger charge is 2.31. The summed E-state index contributed by atoms with van der Waals surface area (Å²) in [5.74, 6) is 1.31. The van der Waals surface area contributed by atoms with Crippen LogP contribution in [-0.4, -0.2) is 117 Å². The van der Waals surface area contributed by atoms with Crippen LogP contribution in [0, 0.1) is 0 Å². The first kappa shape index (κ1) is 21.3. The Bertz CT molecular complexity index is 669. The number of carbonyl (C=O) groups excluding carboxylic acids is 1. The van der Waals surface area contributed by atoms with E-state index < -0.39 is 10.0 Å². The molecule has 0 aromatic rings. The molecule has 0 bridgehead atoms. The van der Waals surface area contributed by atoms with E-state index in [1.807, 2.05) is 11.8 Å². The van der Waals surface area contributed by atoms with Gasteiger partial charge in [0.15, 0.2) is 5.96 Å². The molecule has 1 unspecified atom stereocenters. The Morgan fingerprint density at radius 1 is 1.00 bits per heavy atom. The molecule has 0 saturated carbocycles. The first-order valence-corrected chi connectivity index (χ1v) is 12.0. The van der Waals surface area contributed by atoms with Crippen molar-refractivity contribution in [3.8, 4) is 0 Å². The fourth-order valence-corrected chi connectivity index (χ4v) is 5.77. The van der Waals surface area contributed by atoms with Gasteiger partial charge < -0.3 is 15.1 Å². The topological polar surface area (TPSA) is 88.6 Å². The number of likely N-dealkylation sites (tertiary alicyclic amines) is 1. The summed E-state index contributed by atoms with van der Waals surface area (Å²) in [6.45, 7) is 8.70. The first-order chi connectivity index (χ1) is 13.4. The predicted octanol–water partition coefficient (Wildman–Crippen LogP) is -0.774. The van der Waals surface area contributed by atoms with Crippen LogP contribution in [0.2, 0.25) is 0 Å². The normalized spacial score (nSPS) is 25.3. The number of piperazine rings is 1. The van der Waals surface area contributed by atoms with Gasteiger partial charge in [-0.25, -0.2) is 12.7 Å². The summed E-state index contributed by atoms with van der Waals surface area (Å²) in [7, 11) is -1.30. The van der Waals surface area contributed by atoms with Crippen molar-refractivity contribution < 1.29 is 13.2 Å². The van der Waals surface area contributed by atoms with E-state index in [0.717, 1.165) is 58.1 Å². The zero-order chi connectivity index (χ0) is 20.1. The smallest absolute Gasteiger partial charge is 0.239 e. The Morgan fingerprint density at radius 2 is 1.68 bits per heavy atom. The zero-order valence-electron chi connectivity index (χ0n) is 17.1. The molecule has 0 spiro atoms. The average Bonchev–Trinajstić information content (AvgIpc) is 3.34. The van der Waals surface area contributed by atoms with Crippen LogP contribution in [0.1, 0.15) is 26.2 Å². The number of amides is 1. The number of hydrogen-bond donors (Lipinski definition) is 1. The Morgan fingerprint density at radius 3 is 2.25 bits per heavy atom. The molecule has 0 aliphatic carbocycles. The Labute approximate surface area is 168 Å². The standard InChI is InChI=1S/C18H34N6O3S/c1-16(17(25)22-7-3-4-8-22)21-11-13-23(14-12-21)18(19-2)20-6-10-24-9-5-15-28(24,26)27/h16H,3-15H2,1-2H3,(H,19,20). The molecule has 10 heteroatoms. The van der Waals surface area contributed by atoms with Crippen molar-refractivity contribution in [2.24, 2.45) is 4.99 Å². The molecular weight excluding hydrogens is 380 g/mol. The van der Waals surface area contributed by atoms with E-state index in [1.165, 1.54) is 0 Å². The van der Waals surface area contributed by atoms with E-state index in [0.29, 0.717) is 26.1 Å². The molecule has 3 aliphatic heterocycles. The number of guanidine groups is 1. The second-order valence-corrected chi connectivity index (χ2v) is 9.86. The van der Waals surface area contributed by atoms with Crippen molar-refractivity contribution in [1.82, 2.24) is 24.3 Å². The molecule has 9 nitrogen and oxygen atoms in total. The molecule has 3 rings (SSSR count). The number of sulfonamides is 1. The maximum absolute atomic E-state index is 12.6. The van der Waals surface area contributed by atoms with Crippen molar-refractivity contribution in [3.05, 3.63) is 0 Å². The lowest BCUT2D eigenvalue weighted by molar-refractivity contribution is -0.135. The highest BCUT2D eigenvalue weighted by Crippen LogP contribution is 2.14. The molecule has 1 amide bonds. The number of aliphatic imine (C=N–C) groups is 1. The molecule has 0 aromatic heterocycles. The van der Waals surface area contributed by atoms with Crippen molar-refractivity contribution in [2.45, 2.75) is 32.2 Å². The number of nitrogens with zero attached hydrogens (tertiary/aromatic N) is 5. The molecule has 28 heavy (non-hydrogen) atoms. The van der Waals surface area contributed by atoms with Crippen molar-refractivity contribution in [2.75, 3.05) is 71.7 Å². The first-order valence-electron chi connectivity index (χ1n) is 10.4. The lowest BCUT2D eigenvalue weighted by atomic mass is 10.2. The maximum Gasteiger partial charge on any atom is 0.239 e. The van der Waals surface area contributed by atoms with E-state index in [1.54, 1.807) is 11.4 Å². The van der Waals surface area contributed by atoms with Crippen LogP contribution in [0.3, 0.4) is 0 Å². The summed E-state index contributed by atoms with van der Waals surface area (Å²) in [6.07, 6.45) is 2.95. The van der Waals surface area contributed by atoms with Crippen LogP contribution in [0.15, 0.2) is 4.99 Å². The molecule has 3 aliphatic rings. The maximum atomic E-state index is 12.6. The van der Waals surface area contributed by atoms with Gasteiger partial charge in [0.25, 0.3) is 0 Å². The number of nitrogens with one attached hydrogen (secondary N) is 1. The highest BCUT2D eigenvalue weighted by molar-refractivity contribution is 7.89. The van der Waals surface area contributed by atoms with Crippen molar-refractivity contribution >= 4 is 21.9 Å². The molecule has 3 saturated heterocycles. The lowest BCUT2D eigenvalue weighted by Crippen LogP contribution is -2.57. The second-order valence-electron chi connectivity index (χ2n) is 7.77. The molecule has 1 N–H and O–H groups in total. The van der Waals surface area contributed by atoms with Crippen LogP contribution in [0.25, 0.3) is 0 Å². The Balaban J connectivity index is 1.43. The third-order valence-corrected chi connectivity index (χ3v) is 7.95. The third kappa shape index (κ3) is 4.96. The lowest BCUT2D eigenvalue weighted by Gasteiger charge is -2.39. The number of hydrogen-bond acceptors (Lipinski definition) is 5. The highest BCUT2D eigenvalue weighted by atomic mass is 32.2.